The second kappa shape index (κ2) is 5.10. The first kappa shape index (κ1) is 12.5. The van der Waals surface area contributed by atoms with Gasteiger partial charge in [-0.3, -0.25) is 0 Å². The average molecular weight is 260 g/mol. The van der Waals surface area contributed by atoms with Crippen LogP contribution in [0.2, 0.25) is 5.02 Å². The van der Waals surface area contributed by atoms with Crippen molar-refractivity contribution in [1.29, 1.82) is 0 Å². The molecule has 3 nitrogen and oxygen atoms in total. The molecular formula is C12H15ClFNO2. The van der Waals surface area contributed by atoms with Crippen LogP contribution in [-0.4, -0.2) is 22.8 Å². The van der Waals surface area contributed by atoms with Crippen molar-refractivity contribution in [2.24, 2.45) is 0 Å². The Bertz CT molecular complexity index is 393. The van der Waals surface area contributed by atoms with Crippen molar-refractivity contribution in [2.75, 3.05) is 6.54 Å². The highest BCUT2D eigenvalue weighted by atomic mass is 35.5. The third-order valence-electron chi connectivity index (χ3n) is 3.13. The van der Waals surface area contributed by atoms with Gasteiger partial charge < -0.3 is 15.5 Å². The molecule has 0 radical (unpaired) electrons. The lowest BCUT2D eigenvalue weighted by Crippen LogP contribution is -2.35. The van der Waals surface area contributed by atoms with Crippen molar-refractivity contribution < 1.29 is 14.6 Å². The second-order valence-electron chi connectivity index (χ2n) is 4.37. The van der Waals surface area contributed by atoms with Crippen LogP contribution in [0.3, 0.4) is 0 Å². The quantitative estimate of drug-likeness (QED) is 0.716. The monoisotopic (exact) mass is 259 g/mol. The molecule has 1 heterocycles. The Morgan fingerprint density at radius 2 is 2.18 bits per heavy atom. The van der Waals surface area contributed by atoms with Gasteiger partial charge in [0.2, 0.25) is 0 Å². The Morgan fingerprint density at radius 1 is 1.41 bits per heavy atom. The van der Waals surface area contributed by atoms with Crippen LogP contribution in [0.5, 0.6) is 11.5 Å². The lowest BCUT2D eigenvalue weighted by Gasteiger charge is -2.24. The number of hydrogen-bond acceptors (Lipinski definition) is 3. The van der Waals surface area contributed by atoms with Crippen LogP contribution >= 0.6 is 11.6 Å². The summed E-state index contributed by atoms with van der Waals surface area (Å²) in [4.78, 5) is 0. The molecule has 1 aromatic carbocycles. The van der Waals surface area contributed by atoms with Gasteiger partial charge in [0, 0.05) is 17.7 Å². The molecule has 1 saturated heterocycles. The highest BCUT2D eigenvalue weighted by Crippen LogP contribution is 2.36. The number of phenolic OH excluding ortho intramolecular Hbond substituents is 2. The standard InChI is InChI=1S/C12H15ClFNO2/c13-9-6-10(16)12(17)8(11(9)14)5-7-3-1-2-4-15-7/h6-7,15-17H,1-5H2. The molecule has 1 unspecified atom stereocenters. The number of rotatable bonds is 2. The van der Waals surface area contributed by atoms with E-state index < -0.39 is 11.6 Å². The number of halogens is 2. The molecular weight excluding hydrogens is 245 g/mol. The van der Waals surface area contributed by atoms with E-state index in [9.17, 15) is 14.6 Å². The van der Waals surface area contributed by atoms with E-state index in [-0.39, 0.29) is 22.4 Å². The molecule has 0 amide bonds. The topological polar surface area (TPSA) is 52.5 Å². The molecule has 0 spiro atoms. The summed E-state index contributed by atoms with van der Waals surface area (Å²) >= 11 is 5.64. The summed E-state index contributed by atoms with van der Waals surface area (Å²) in [5, 5.41) is 22.2. The summed E-state index contributed by atoms with van der Waals surface area (Å²) in [7, 11) is 0. The molecule has 1 aromatic rings. The van der Waals surface area contributed by atoms with Crippen molar-refractivity contribution in [2.45, 2.75) is 31.7 Å². The van der Waals surface area contributed by atoms with E-state index >= 15 is 0 Å². The van der Waals surface area contributed by atoms with Crippen molar-refractivity contribution in [1.82, 2.24) is 5.32 Å². The van der Waals surface area contributed by atoms with Gasteiger partial charge >= 0.3 is 0 Å². The molecule has 1 fully saturated rings. The van der Waals surface area contributed by atoms with Gasteiger partial charge in [-0.15, -0.1) is 0 Å². The minimum absolute atomic E-state index is 0.0920. The molecule has 0 saturated carbocycles. The van der Waals surface area contributed by atoms with Crippen molar-refractivity contribution in [3.05, 3.63) is 22.5 Å². The Morgan fingerprint density at radius 3 is 2.82 bits per heavy atom. The van der Waals surface area contributed by atoms with Gasteiger partial charge in [0.25, 0.3) is 0 Å². The summed E-state index contributed by atoms with van der Waals surface area (Å²) in [5.74, 6) is -1.42. The Labute approximate surface area is 104 Å². The number of aromatic hydroxyl groups is 2. The lowest BCUT2D eigenvalue weighted by molar-refractivity contribution is 0.370. The number of hydrogen-bond donors (Lipinski definition) is 3. The van der Waals surface area contributed by atoms with E-state index in [2.05, 4.69) is 5.32 Å². The van der Waals surface area contributed by atoms with Crippen molar-refractivity contribution in [3.8, 4) is 11.5 Å². The highest BCUT2D eigenvalue weighted by molar-refractivity contribution is 6.31. The fourth-order valence-corrected chi connectivity index (χ4v) is 2.40. The maximum absolute atomic E-state index is 13.8. The van der Waals surface area contributed by atoms with Crippen LogP contribution in [0.1, 0.15) is 24.8 Å². The van der Waals surface area contributed by atoms with E-state index in [0.717, 1.165) is 31.9 Å². The van der Waals surface area contributed by atoms with Crippen LogP contribution in [-0.2, 0) is 6.42 Å². The molecule has 0 bridgehead atoms. The van der Waals surface area contributed by atoms with E-state index in [1.54, 1.807) is 0 Å². The summed E-state index contributed by atoms with van der Waals surface area (Å²) in [6.07, 6.45) is 3.48. The van der Waals surface area contributed by atoms with E-state index in [1.807, 2.05) is 0 Å². The predicted molar refractivity (Wildman–Crippen MR) is 64.1 cm³/mol. The molecule has 94 valence electrons. The molecule has 5 heteroatoms. The predicted octanol–water partition coefficient (Wildman–Crippen LogP) is 2.57. The number of benzene rings is 1. The molecule has 2 rings (SSSR count). The second-order valence-corrected chi connectivity index (χ2v) is 4.78. The van der Waals surface area contributed by atoms with E-state index in [4.69, 9.17) is 11.6 Å². The summed E-state index contributed by atoms with van der Waals surface area (Å²) in [6.45, 7) is 0.902. The molecule has 0 aliphatic carbocycles. The Kier molecular flexibility index (Phi) is 3.74. The molecule has 3 N–H and O–H groups in total. The summed E-state index contributed by atoms with van der Waals surface area (Å²) in [6, 6.07) is 1.14. The zero-order valence-corrected chi connectivity index (χ0v) is 10.1. The third kappa shape index (κ3) is 2.64. The third-order valence-corrected chi connectivity index (χ3v) is 3.40. The maximum atomic E-state index is 13.8. The number of phenols is 2. The van der Waals surface area contributed by atoms with Crippen molar-refractivity contribution in [3.63, 3.8) is 0 Å². The Balaban J connectivity index is 2.24. The van der Waals surface area contributed by atoms with E-state index in [0.29, 0.717) is 6.42 Å². The van der Waals surface area contributed by atoms with Gasteiger partial charge in [-0.2, -0.15) is 0 Å². The zero-order valence-electron chi connectivity index (χ0n) is 9.34. The molecule has 17 heavy (non-hydrogen) atoms. The first-order valence-electron chi connectivity index (χ1n) is 5.71. The summed E-state index contributed by atoms with van der Waals surface area (Å²) in [5.41, 5.74) is 0.0920. The van der Waals surface area contributed by atoms with Gasteiger partial charge in [-0.1, -0.05) is 18.0 Å². The van der Waals surface area contributed by atoms with Crippen LogP contribution in [0, 0.1) is 5.82 Å². The largest absolute Gasteiger partial charge is 0.504 e. The van der Waals surface area contributed by atoms with Gasteiger partial charge in [-0.25, -0.2) is 4.39 Å². The minimum Gasteiger partial charge on any atom is -0.504 e. The SMILES string of the molecule is Oc1cc(Cl)c(F)c(CC2CCCCN2)c1O. The molecule has 1 atom stereocenters. The fraction of sp³-hybridized carbons (Fsp3) is 0.500. The fourth-order valence-electron chi connectivity index (χ4n) is 2.19. The number of nitrogens with one attached hydrogen (secondary N) is 1. The van der Waals surface area contributed by atoms with Gasteiger partial charge in [0.1, 0.15) is 5.82 Å². The molecule has 1 aliphatic heterocycles. The summed E-state index contributed by atoms with van der Waals surface area (Å²) < 4.78 is 13.8. The average Bonchev–Trinajstić information content (AvgIpc) is 2.33. The maximum Gasteiger partial charge on any atom is 0.163 e. The van der Waals surface area contributed by atoms with Crippen LogP contribution < -0.4 is 5.32 Å². The van der Waals surface area contributed by atoms with Gasteiger partial charge in [0.05, 0.1) is 5.02 Å². The van der Waals surface area contributed by atoms with Crippen molar-refractivity contribution >= 4 is 11.6 Å². The number of piperidine rings is 1. The van der Waals surface area contributed by atoms with Crippen LogP contribution in [0.25, 0.3) is 0 Å². The Hall–Kier alpha value is -1.00. The smallest absolute Gasteiger partial charge is 0.163 e. The van der Waals surface area contributed by atoms with Gasteiger partial charge in [-0.05, 0) is 25.8 Å². The zero-order chi connectivity index (χ0) is 12.4. The van der Waals surface area contributed by atoms with Gasteiger partial charge in [0.15, 0.2) is 11.5 Å². The molecule has 1 aliphatic rings. The lowest BCUT2D eigenvalue weighted by atomic mass is 9.96. The van der Waals surface area contributed by atoms with Crippen LogP contribution in [0.4, 0.5) is 4.39 Å². The first-order chi connectivity index (χ1) is 8.09. The molecule has 0 aromatic heterocycles. The highest BCUT2D eigenvalue weighted by Gasteiger charge is 2.21. The van der Waals surface area contributed by atoms with Crippen LogP contribution in [0.15, 0.2) is 6.07 Å². The van der Waals surface area contributed by atoms with E-state index in [1.165, 1.54) is 0 Å². The first-order valence-corrected chi connectivity index (χ1v) is 6.09. The minimum atomic E-state index is -0.644. The normalized spacial score (nSPS) is 20.5.